The van der Waals surface area contributed by atoms with Gasteiger partial charge in [0.15, 0.2) is 0 Å². The highest BCUT2D eigenvalue weighted by Gasteiger charge is 2.53. The van der Waals surface area contributed by atoms with Gasteiger partial charge in [0.1, 0.15) is 6.04 Å². The molecule has 0 unspecified atom stereocenters. The van der Waals surface area contributed by atoms with Crippen molar-refractivity contribution in [1.82, 2.24) is 10.2 Å². The molecular formula is C24H34N2O3. The number of imide groups is 1. The van der Waals surface area contributed by atoms with Gasteiger partial charge in [0.25, 0.3) is 0 Å². The molecule has 29 heavy (non-hydrogen) atoms. The number of hydrogen-bond acceptors (Lipinski definition) is 3. The quantitative estimate of drug-likeness (QED) is 0.571. The summed E-state index contributed by atoms with van der Waals surface area (Å²) in [4.78, 5) is 41.0. The van der Waals surface area contributed by atoms with Crippen LogP contribution in [0.5, 0.6) is 0 Å². The summed E-state index contributed by atoms with van der Waals surface area (Å²) in [5.74, 6) is 2.25. The Morgan fingerprint density at radius 1 is 0.966 bits per heavy atom. The Bertz CT molecular complexity index is 688. The molecule has 0 radical (unpaired) electrons. The molecule has 4 bridgehead atoms. The van der Waals surface area contributed by atoms with Crippen molar-refractivity contribution in [1.29, 1.82) is 0 Å². The maximum absolute atomic E-state index is 13.5. The number of nitrogens with one attached hydrogen (secondary N) is 1. The third kappa shape index (κ3) is 3.25. The minimum absolute atomic E-state index is 0.0931. The summed E-state index contributed by atoms with van der Waals surface area (Å²) in [6.45, 7) is 4.12. The zero-order chi connectivity index (χ0) is 20.3. The van der Waals surface area contributed by atoms with Gasteiger partial charge in [0.05, 0.1) is 11.8 Å². The largest absolute Gasteiger partial charge is 0.351 e. The van der Waals surface area contributed by atoms with Crippen LogP contribution in [0.3, 0.4) is 0 Å². The highest BCUT2D eigenvalue weighted by Crippen LogP contribution is 2.53. The van der Waals surface area contributed by atoms with Crippen molar-refractivity contribution in [2.24, 2.45) is 41.4 Å². The normalized spacial score (nSPS) is 41.2. The van der Waals surface area contributed by atoms with Gasteiger partial charge in [0, 0.05) is 6.04 Å². The van der Waals surface area contributed by atoms with Crippen molar-refractivity contribution >= 4 is 17.7 Å². The number of hydrogen-bond donors (Lipinski definition) is 1. The topological polar surface area (TPSA) is 66.5 Å². The summed E-state index contributed by atoms with van der Waals surface area (Å²) >= 11 is 0. The molecule has 1 N–H and O–H groups in total. The van der Waals surface area contributed by atoms with E-state index in [0.29, 0.717) is 31.1 Å². The average molecular weight is 399 g/mol. The average Bonchev–Trinajstić information content (AvgIpc) is 2.93. The number of fused-ring (bicyclic) bond motifs is 1. The van der Waals surface area contributed by atoms with Crippen molar-refractivity contribution in [3.05, 3.63) is 12.2 Å². The van der Waals surface area contributed by atoms with E-state index in [4.69, 9.17) is 0 Å². The minimum Gasteiger partial charge on any atom is -0.351 e. The summed E-state index contributed by atoms with van der Waals surface area (Å²) in [5, 5.41) is 3.37. The van der Waals surface area contributed by atoms with Crippen LogP contribution in [0.4, 0.5) is 0 Å². The van der Waals surface area contributed by atoms with Crippen LogP contribution in [0.25, 0.3) is 0 Å². The van der Waals surface area contributed by atoms with Crippen LogP contribution < -0.4 is 5.32 Å². The van der Waals surface area contributed by atoms with Gasteiger partial charge in [-0.25, -0.2) is 0 Å². The smallest absolute Gasteiger partial charge is 0.243 e. The van der Waals surface area contributed by atoms with E-state index in [2.05, 4.69) is 19.2 Å². The Kier molecular flexibility index (Phi) is 4.83. The molecule has 5 aliphatic carbocycles. The van der Waals surface area contributed by atoms with Gasteiger partial charge in [-0.05, 0) is 81.0 Å². The summed E-state index contributed by atoms with van der Waals surface area (Å²) in [6.07, 6.45) is 12.1. The molecule has 5 nitrogen and oxygen atoms in total. The predicted molar refractivity (Wildman–Crippen MR) is 109 cm³/mol. The standard InChI is InChI=1S/C24H34N2O3/c1-13(2)7-20(26-23(28)18-5-3-4-6-19(18)24(26)29)22(27)25-21-16-9-14-8-15(11-16)12-17(21)10-14/h3-4,13-21H,5-12H2,1-2H3,(H,25,27)/t14?,15?,16?,17?,18-,19-,20+,21?/m0/s1. The van der Waals surface area contributed by atoms with Gasteiger partial charge < -0.3 is 5.32 Å². The van der Waals surface area contributed by atoms with E-state index in [9.17, 15) is 14.4 Å². The first-order valence-corrected chi connectivity index (χ1v) is 11.7. The number of amides is 3. The lowest BCUT2D eigenvalue weighted by molar-refractivity contribution is -0.149. The van der Waals surface area contributed by atoms with Crippen LogP contribution in [0.2, 0.25) is 0 Å². The Balaban J connectivity index is 1.35. The highest BCUT2D eigenvalue weighted by molar-refractivity contribution is 6.08. The third-order valence-electron chi connectivity index (χ3n) is 8.39. The van der Waals surface area contributed by atoms with Crippen molar-refractivity contribution in [2.45, 2.75) is 77.3 Å². The third-order valence-corrected chi connectivity index (χ3v) is 8.39. The summed E-state index contributed by atoms with van der Waals surface area (Å²) in [7, 11) is 0. The van der Waals surface area contributed by atoms with Gasteiger partial charge in [0.2, 0.25) is 17.7 Å². The number of likely N-dealkylation sites (tertiary alicyclic amines) is 1. The molecule has 5 fully saturated rings. The predicted octanol–water partition coefficient (Wildman–Crippen LogP) is 3.29. The van der Waals surface area contributed by atoms with Gasteiger partial charge >= 0.3 is 0 Å². The summed E-state index contributed by atoms with van der Waals surface area (Å²) < 4.78 is 0. The molecule has 1 saturated heterocycles. The van der Waals surface area contributed by atoms with E-state index < -0.39 is 6.04 Å². The van der Waals surface area contributed by atoms with E-state index in [0.717, 1.165) is 11.8 Å². The first kappa shape index (κ1) is 19.3. The molecule has 5 heteroatoms. The second-order valence-electron chi connectivity index (χ2n) is 10.8. The van der Waals surface area contributed by atoms with Crippen molar-refractivity contribution in [2.75, 3.05) is 0 Å². The Labute approximate surface area is 173 Å². The molecule has 3 atom stereocenters. The molecule has 6 aliphatic rings. The number of carbonyl (C=O) groups excluding carboxylic acids is 3. The number of nitrogens with zero attached hydrogens (tertiary/aromatic N) is 1. The molecule has 1 aliphatic heterocycles. The van der Waals surface area contributed by atoms with E-state index in [1.807, 2.05) is 12.2 Å². The van der Waals surface area contributed by atoms with Crippen LogP contribution in [-0.2, 0) is 14.4 Å². The Hall–Kier alpha value is -1.65. The van der Waals surface area contributed by atoms with E-state index in [1.165, 1.54) is 37.0 Å². The first-order chi connectivity index (χ1) is 13.9. The minimum atomic E-state index is -0.655. The van der Waals surface area contributed by atoms with E-state index >= 15 is 0 Å². The zero-order valence-corrected chi connectivity index (χ0v) is 17.7. The van der Waals surface area contributed by atoms with Crippen molar-refractivity contribution < 1.29 is 14.4 Å². The SMILES string of the molecule is CC(C)C[C@H](C(=O)NC1C2CC3CC(C2)CC1C3)N1C(=O)[C@H]2CC=CC[C@@H]2C1=O. The maximum Gasteiger partial charge on any atom is 0.243 e. The molecule has 3 amide bonds. The number of rotatable bonds is 5. The second kappa shape index (κ2) is 7.24. The molecular weight excluding hydrogens is 364 g/mol. The lowest BCUT2D eigenvalue weighted by Gasteiger charge is -2.54. The molecule has 1 heterocycles. The van der Waals surface area contributed by atoms with Gasteiger partial charge in [-0.3, -0.25) is 19.3 Å². The molecule has 4 saturated carbocycles. The maximum atomic E-state index is 13.5. The van der Waals surface area contributed by atoms with Crippen LogP contribution in [0.15, 0.2) is 12.2 Å². The van der Waals surface area contributed by atoms with Crippen molar-refractivity contribution in [3.8, 4) is 0 Å². The lowest BCUT2D eigenvalue weighted by atomic mass is 9.54. The Morgan fingerprint density at radius 2 is 1.48 bits per heavy atom. The van der Waals surface area contributed by atoms with Gasteiger partial charge in [-0.15, -0.1) is 0 Å². The zero-order valence-electron chi connectivity index (χ0n) is 17.7. The summed E-state index contributed by atoms with van der Waals surface area (Å²) in [6, 6.07) is -0.417. The fourth-order valence-corrected chi connectivity index (χ4v) is 7.33. The fraction of sp³-hybridized carbons (Fsp3) is 0.792. The van der Waals surface area contributed by atoms with E-state index in [1.54, 1.807) is 0 Å². The molecule has 0 spiro atoms. The lowest BCUT2D eigenvalue weighted by Crippen LogP contribution is -2.59. The monoisotopic (exact) mass is 398 g/mol. The van der Waals surface area contributed by atoms with E-state index in [-0.39, 0.29) is 41.5 Å². The number of allylic oxidation sites excluding steroid dienone is 2. The van der Waals surface area contributed by atoms with Crippen LogP contribution in [-0.4, -0.2) is 34.7 Å². The number of carbonyl (C=O) groups is 3. The van der Waals surface area contributed by atoms with Crippen LogP contribution in [0, 0.1) is 41.4 Å². The van der Waals surface area contributed by atoms with Gasteiger partial charge in [-0.1, -0.05) is 26.0 Å². The summed E-state index contributed by atoms with van der Waals surface area (Å²) in [5.41, 5.74) is 0. The Morgan fingerprint density at radius 3 is 1.97 bits per heavy atom. The van der Waals surface area contributed by atoms with Gasteiger partial charge in [-0.2, -0.15) is 0 Å². The highest BCUT2D eigenvalue weighted by atomic mass is 16.2. The van der Waals surface area contributed by atoms with Crippen LogP contribution in [0.1, 0.15) is 65.2 Å². The molecule has 158 valence electrons. The molecule has 0 aromatic heterocycles. The fourth-order valence-electron chi connectivity index (χ4n) is 7.33. The molecule has 0 aromatic carbocycles. The first-order valence-electron chi connectivity index (χ1n) is 11.7. The second-order valence-corrected chi connectivity index (χ2v) is 10.8. The molecule has 0 aromatic rings. The molecule has 6 rings (SSSR count). The van der Waals surface area contributed by atoms with Crippen molar-refractivity contribution in [3.63, 3.8) is 0 Å². The van der Waals surface area contributed by atoms with Crippen LogP contribution >= 0.6 is 0 Å².